The number of benzene rings is 3. The number of aryl methyl sites for hydroxylation is 2. The highest BCUT2D eigenvalue weighted by molar-refractivity contribution is 6.33. The van der Waals surface area contributed by atoms with E-state index < -0.39 is 0 Å². The Hall–Kier alpha value is -3.77. The number of carbonyl (C=O) groups is 1. The molecule has 1 amide bonds. The van der Waals surface area contributed by atoms with Crippen molar-refractivity contribution in [3.63, 3.8) is 0 Å². The van der Waals surface area contributed by atoms with Crippen LogP contribution < -0.4 is 19.2 Å². The molecule has 0 radical (unpaired) electrons. The minimum Gasteiger partial charge on any atom is -0.493 e. The number of halogens is 1. The van der Waals surface area contributed by atoms with Crippen LogP contribution in [0.5, 0.6) is 17.2 Å². The molecule has 1 aliphatic heterocycles. The van der Waals surface area contributed by atoms with E-state index in [1.54, 1.807) is 32.2 Å². The molecule has 0 spiro atoms. The lowest BCUT2D eigenvalue weighted by atomic mass is 10.1. The molecule has 1 aliphatic rings. The molecule has 0 fully saturated rings. The fourth-order valence-electron chi connectivity index (χ4n) is 3.72. The molecule has 6 nitrogen and oxygen atoms in total. The maximum atomic E-state index is 13.0. The van der Waals surface area contributed by atoms with Crippen LogP contribution in [0.2, 0.25) is 5.02 Å². The molecular formula is C28H27ClN2O4. The third-order valence-corrected chi connectivity index (χ3v) is 5.84. The maximum absolute atomic E-state index is 13.0. The van der Waals surface area contributed by atoms with E-state index in [-0.39, 0.29) is 5.91 Å². The summed E-state index contributed by atoms with van der Waals surface area (Å²) in [6.07, 6.45) is 1.76. The number of methoxy groups -OCH3 is 1. The molecule has 35 heavy (non-hydrogen) atoms. The van der Waals surface area contributed by atoms with Crippen molar-refractivity contribution < 1.29 is 19.0 Å². The Kier molecular flexibility index (Phi) is 7.42. The molecule has 0 aliphatic carbocycles. The number of nitrogens with zero attached hydrogens (tertiary/aromatic N) is 2. The first kappa shape index (κ1) is 24.4. The minimum atomic E-state index is -0.201. The van der Waals surface area contributed by atoms with E-state index in [0.29, 0.717) is 52.3 Å². The quantitative estimate of drug-likeness (QED) is 0.277. The highest BCUT2D eigenvalue weighted by atomic mass is 35.5. The summed E-state index contributed by atoms with van der Waals surface area (Å²) < 4.78 is 17.3. The zero-order valence-corrected chi connectivity index (χ0v) is 20.9. The smallest absolute Gasteiger partial charge is 0.280 e. The second kappa shape index (κ2) is 10.7. The summed E-state index contributed by atoms with van der Waals surface area (Å²) in [6.45, 7) is 6.48. The molecule has 0 N–H and O–H groups in total. The summed E-state index contributed by atoms with van der Waals surface area (Å²) in [4.78, 5) is 13.0. The van der Waals surface area contributed by atoms with Gasteiger partial charge in [0.1, 0.15) is 19.0 Å². The largest absolute Gasteiger partial charge is 0.493 e. The van der Waals surface area contributed by atoms with Crippen LogP contribution >= 0.6 is 11.6 Å². The Morgan fingerprint density at radius 3 is 2.43 bits per heavy atom. The minimum absolute atomic E-state index is 0.201. The molecule has 0 unspecified atom stereocenters. The van der Waals surface area contributed by atoms with Gasteiger partial charge in [-0.2, -0.15) is 10.1 Å². The van der Waals surface area contributed by atoms with Gasteiger partial charge in [-0.1, -0.05) is 41.9 Å². The van der Waals surface area contributed by atoms with Crippen LogP contribution in [0.15, 0.2) is 71.3 Å². The van der Waals surface area contributed by atoms with Crippen molar-refractivity contribution in [2.24, 2.45) is 5.10 Å². The van der Waals surface area contributed by atoms with Crippen LogP contribution in [0.3, 0.4) is 0 Å². The number of rotatable bonds is 8. The molecule has 7 heteroatoms. The number of carbonyl (C=O) groups excluding carboxylic acids is 1. The van der Waals surface area contributed by atoms with Gasteiger partial charge in [-0.25, -0.2) is 0 Å². The predicted molar refractivity (Wildman–Crippen MR) is 140 cm³/mol. The zero-order valence-electron chi connectivity index (χ0n) is 20.2. The lowest BCUT2D eigenvalue weighted by molar-refractivity contribution is -0.114. The molecule has 0 saturated carbocycles. The summed E-state index contributed by atoms with van der Waals surface area (Å²) in [7, 11) is 1.55. The van der Waals surface area contributed by atoms with Gasteiger partial charge < -0.3 is 14.2 Å². The van der Waals surface area contributed by atoms with Gasteiger partial charge in [0.05, 0.1) is 29.1 Å². The van der Waals surface area contributed by atoms with E-state index >= 15 is 0 Å². The molecule has 0 atom stereocenters. The number of amides is 1. The highest BCUT2D eigenvalue weighted by Gasteiger charge is 2.28. The molecule has 0 aromatic heterocycles. The van der Waals surface area contributed by atoms with Gasteiger partial charge in [0, 0.05) is 0 Å². The van der Waals surface area contributed by atoms with E-state index in [0.717, 1.165) is 16.9 Å². The van der Waals surface area contributed by atoms with Gasteiger partial charge >= 0.3 is 0 Å². The molecule has 4 rings (SSSR count). The number of ether oxygens (including phenoxy) is 3. The van der Waals surface area contributed by atoms with Gasteiger partial charge in [0.25, 0.3) is 5.91 Å². The fourth-order valence-corrected chi connectivity index (χ4v) is 3.99. The van der Waals surface area contributed by atoms with Gasteiger partial charge in [-0.3, -0.25) is 4.79 Å². The van der Waals surface area contributed by atoms with Gasteiger partial charge in [0.15, 0.2) is 11.5 Å². The van der Waals surface area contributed by atoms with E-state index in [1.807, 2.05) is 62.4 Å². The Morgan fingerprint density at radius 1 is 0.943 bits per heavy atom. The van der Waals surface area contributed by atoms with Crippen molar-refractivity contribution in [3.05, 3.63) is 87.9 Å². The normalized spacial score (nSPS) is 14.3. The van der Waals surface area contributed by atoms with Crippen LogP contribution in [-0.4, -0.2) is 31.9 Å². The summed E-state index contributed by atoms with van der Waals surface area (Å²) in [6, 6.07) is 18.9. The van der Waals surface area contributed by atoms with Crippen LogP contribution in [0.25, 0.3) is 6.08 Å². The van der Waals surface area contributed by atoms with Crippen molar-refractivity contribution in [2.45, 2.75) is 20.8 Å². The van der Waals surface area contributed by atoms with Gasteiger partial charge in [-0.15, -0.1) is 0 Å². The number of hydrogen-bond acceptors (Lipinski definition) is 5. The van der Waals surface area contributed by atoms with E-state index in [9.17, 15) is 4.79 Å². The molecule has 1 heterocycles. The predicted octanol–water partition coefficient (Wildman–Crippen LogP) is 6.23. The standard InChI is InChI=1S/C28H27ClN2O4/c1-18-10-11-19(2)25(14-18)34-12-13-35-27-24(29)16-21(17-26(27)33-4)15-23-20(3)30-31(28(23)32)22-8-6-5-7-9-22/h5-11,14-17H,12-13H2,1-4H3. The summed E-state index contributed by atoms with van der Waals surface area (Å²) >= 11 is 6.54. The monoisotopic (exact) mass is 490 g/mol. The zero-order chi connectivity index (χ0) is 24.9. The topological polar surface area (TPSA) is 60.4 Å². The SMILES string of the molecule is COc1cc(C=C2C(=O)N(c3ccccc3)N=C2C)cc(Cl)c1OCCOc1cc(C)ccc1C. The average Bonchev–Trinajstić information content (AvgIpc) is 3.13. The van der Waals surface area contributed by atoms with Crippen molar-refractivity contribution in [1.82, 2.24) is 0 Å². The van der Waals surface area contributed by atoms with Crippen LogP contribution in [-0.2, 0) is 4.79 Å². The Morgan fingerprint density at radius 2 is 1.69 bits per heavy atom. The first-order chi connectivity index (χ1) is 16.9. The summed E-state index contributed by atoms with van der Waals surface area (Å²) in [5.74, 6) is 1.52. The number of hydrazone groups is 1. The first-order valence-corrected chi connectivity index (χ1v) is 11.6. The van der Waals surface area contributed by atoms with E-state index in [1.165, 1.54) is 5.01 Å². The number of hydrogen-bond donors (Lipinski definition) is 0. The van der Waals surface area contributed by atoms with Crippen molar-refractivity contribution in [2.75, 3.05) is 25.3 Å². The maximum Gasteiger partial charge on any atom is 0.280 e. The summed E-state index contributed by atoms with van der Waals surface area (Å²) in [5.41, 5.74) is 4.73. The lowest BCUT2D eigenvalue weighted by Crippen LogP contribution is -2.21. The second-order valence-electron chi connectivity index (χ2n) is 8.20. The van der Waals surface area contributed by atoms with Crippen LogP contribution in [0, 0.1) is 13.8 Å². The fraction of sp³-hybridized carbons (Fsp3) is 0.214. The van der Waals surface area contributed by atoms with Crippen molar-refractivity contribution >= 4 is 35.0 Å². The van der Waals surface area contributed by atoms with E-state index in [4.69, 9.17) is 25.8 Å². The molecule has 0 bridgehead atoms. The lowest BCUT2D eigenvalue weighted by Gasteiger charge is -2.15. The molecule has 0 saturated heterocycles. The number of anilines is 1. The van der Waals surface area contributed by atoms with Gasteiger partial charge in [0.2, 0.25) is 0 Å². The van der Waals surface area contributed by atoms with Crippen molar-refractivity contribution in [3.8, 4) is 17.2 Å². The molecule has 3 aromatic rings. The Balaban J connectivity index is 1.48. The average molecular weight is 491 g/mol. The second-order valence-corrected chi connectivity index (χ2v) is 8.60. The Labute approximate surface area is 210 Å². The molecule has 180 valence electrons. The molecular weight excluding hydrogens is 464 g/mol. The highest BCUT2D eigenvalue weighted by Crippen LogP contribution is 2.37. The third-order valence-electron chi connectivity index (χ3n) is 5.56. The van der Waals surface area contributed by atoms with E-state index in [2.05, 4.69) is 5.10 Å². The summed E-state index contributed by atoms with van der Waals surface area (Å²) in [5, 5.41) is 6.19. The van der Waals surface area contributed by atoms with Gasteiger partial charge in [-0.05, 0) is 73.9 Å². The Bertz CT molecular complexity index is 1300. The first-order valence-electron chi connectivity index (χ1n) is 11.2. The van der Waals surface area contributed by atoms with Crippen molar-refractivity contribution in [1.29, 1.82) is 0 Å². The number of para-hydroxylation sites is 1. The molecule has 3 aromatic carbocycles. The van der Waals surface area contributed by atoms with Crippen LogP contribution in [0.4, 0.5) is 5.69 Å². The van der Waals surface area contributed by atoms with Crippen LogP contribution in [0.1, 0.15) is 23.6 Å². The third kappa shape index (κ3) is 5.49.